The summed E-state index contributed by atoms with van der Waals surface area (Å²) in [5.41, 5.74) is 4.33. The second-order valence-corrected chi connectivity index (χ2v) is 7.12. The molecule has 0 aliphatic carbocycles. The minimum atomic E-state index is 0.791. The van der Waals surface area contributed by atoms with Gasteiger partial charge in [-0.1, -0.05) is 24.3 Å². The van der Waals surface area contributed by atoms with Gasteiger partial charge in [-0.05, 0) is 57.0 Å². The fourth-order valence-electron chi connectivity index (χ4n) is 3.96. The van der Waals surface area contributed by atoms with Crippen LogP contribution in [-0.2, 0) is 0 Å². The van der Waals surface area contributed by atoms with Crippen LogP contribution in [0.2, 0.25) is 0 Å². The van der Waals surface area contributed by atoms with Crippen LogP contribution in [0.4, 0.5) is 5.69 Å². The zero-order chi connectivity index (χ0) is 17.8. The normalized spacial score (nSPS) is 18.0. The van der Waals surface area contributed by atoms with Crippen molar-refractivity contribution >= 4 is 16.6 Å². The van der Waals surface area contributed by atoms with Crippen LogP contribution in [0, 0.1) is 5.92 Å². The van der Waals surface area contributed by atoms with Crippen molar-refractivity contribution in [1.82, 2.24) is 15.3 Å². The van der Waals surface area contributed by atoms with E-state index in [1.165, 1.54) is 24.9 Å². The highest BCUT2D eigenvalue weighted by molar-refractivity contribution is 5.92. The standard InChI is InChI=1S/C22H26N4/c1-23-15-17-5-4-13-26(14-11-17)19-9-10-21(25-16-19)20-8-2-6-18-7-3-12-24-22(18)20/h2-3,6-10,12,16-17,23H,4-5,11,13-15H2,1H3. The van der Waals surface area contributed by atoms with E-state index in [2.05, 4.69) is 51.6 Å². The SMILES string of the molecule is CNCC1CCCN(c2ccc(-c3cccc4cccnc34)nc2)CC1. The van der Waals surface area contributed by atoms with Crippen LogP contribution >= 0.6 is 0 Å². The molecule has 0 bridgehead atoms. The van der Waals surface area contributed by atoms with Crippen molar-refractivity contribution in [1.29, 1.82) is 0 Å². The van der Waals surface area contributed by atoms with Crippen LogP contribution in [0.5, 0.6) is 0 Å². The molecule has 3 aromatic rings. The number of pyridine rings is 2. The van der Waals surface area contributed by atoms with Crippen molar-refractivity contribution < 1.29 is 0 Å². The van der Waals surface area contributed by atoms with Gasteiger partial charge in [-0.3, -0.25) is 9.97 Å². The van der Waals surface area contributed by atoms with Crippen LogP contribution in [0.25, 0.3) is 22.2 Å². The average molecular weight is 346 g/mol. The molecule has 1 aliphatic rings. The van der Waals surface area contributed by atoms with Gasteiger partial charge in [0.1, 0.15) is 0 Å². The van der Waals surface area contributed by atoms with E-state index >= 15 is 0 Å². The largest absolute Gasteiger partial charge is 0.370 e. The Morgan fingerprint density at radius 3 is 2.81 bits per heavy atom. The molecule has 1 aliphatic heterocycles. The van der Waals surface area contributed by atoms with Gasteiger partial charge in [0, 0.05) is 30.2 Å². The Morgan fingerprint density at radius 2 is 1.96 bits per heavy atom. The van der Waals surface area contributed by atoms with E-state index in [0.717, 1.165) is 47.7 Å². The van der Waals surface area contributed by atoms with Gasteiger partial charge < -0.3 is 10.2 Å². The molecule has 1 unspecified atom stereocenters. The van der Waals surface area contributed by atoms with Gasteiger partial charge in [-0.15, -0.1) is 0 Å². The number of fused-ring (bicyclic) bond motifs is 1. The summed E-state index contributed by atoms with van der Waals surface area (Å²) in [5.74, 6) is 0.791. The number of rotatable bonds is 4. The first-order valence-electron chi connectivity index (χ1n) is 9.55. The summed E-state index contributed by atoms with van der Waals surface area (Å²) in [5, 5.41) is 4.48. The van der Waals surface area contributed by atoms with Crippen molar-refractivity contribution in [3.05, 3.63) is 54.9 Å². The molecule has 4 nitrogen and oxygen atoms in total. The Morgan fingerprint density at radius 1 is 1.04 bits per heavy atom. The van der Waals surface area contributed by atoms with E-state index in [9.17, 15) is 0 Å². The predicted octanol–water partition coefficient (Wildman–Crippen LogP) is 4.12. The zero-order valence-electron chi connectivity index (χ0n) is 15.4. The maximum absolute atomic E-state index is 4.77. The third-order valence-corrected chi connectivity index (χ3v) is 5.36. The molecule has 1 N–H and O–H groups in total. The topological polar surface area (TPSA) is 41.0 Å². The average Bonchev–Trinajstić information content (AvgIpc) is 2.94. The van der Waals surface area contributed by atoms with Crippen LogP contribution in [0.15, 0.2) is 54.9 Å². The highest BCUT2D eigenvalue weighted by Crippen LogP contribution is 2.28. The molecule has 1 aromatic carbocycles. The summed E-state index contributed by atoms with van der Waals surface area (Å²) in [6, 6.07) is 14.7. The van der Waals surface area contributed by atoms with Gasteiger partial charge in [0.15, 0.2) is 0 Å². The lowest BCUT2D eigenvalue weighted by Crippen LogP contribution is -2.25. The number of benzene rings is 1. The number of aromatic nitrogens is 2. The second kappa shape index (κ2) is 7.83. The molecule has 0 saturated carbocycles. The van der Waals surface area contributed by atoms with Gasteiger partial charge in [0.25, 0.3) is 0 Å². The molecule has 2 aromatic heterocycles. The van der Waals surface area contributed by atoms with Crippen LogP contribution in [0.1, 0.15) is 19.3 Å². The zero-order valence-corrected chi connectivity index (χ0v) is 15.4. The van der Waals surface area contributed by atoms with E-state index in [-0.39, 0.29) is 0 Å². The van der Waals surface area contributed by atoms with Crippen molar-refractivity contribution in [2.45, 2.75) is 19.3 Å². The van der Waals surface area contributed by atoms with Crippen LogP contribution in [-0.4, -0.2) is 36.6 Å². The first-order valence-corrected chi connectivity index (χ1v) is 9.55. The third-order valence-electron chi connectivity index (χ3n) is 5.36. The van der Waals surface area contributed by atoms with Gasteiger partial charge in [-0.25, -0.2) is 0 Å². The molecular formula is C22H26N4. The fourth-order valence-corrected chi connectivity index (χ4v) is 3.96. The Bertz CT molecular complexity index is 854. The Kier molecular flexibility index (Phi) is 5.12. The van der Waals surface area contributed by atoms with E-state index in [0.29, 0.717) is 0 Å². The number of nitrogens with zero attached hydrogens (tertiary/aromatic N) is 3. The Balaban J connectivity index is 1.55. The quantitative estimate of drug-likeness (QED) is 0.771. The van der Waals surface area contributed by atoms with E-state index in [1.807, 2.05) is 25.5 Å². The Labute approximate surface area is 155 Å². The monoisotopic (exact) mass is 346 g/mol. The maximum Gasteiger partial charge on any atom is 0.0795 e. The molecule has 0 amide bonds. The van der Waals surface area contributed by atoms with Crippen molar-refractivity contribution in [3.63, 3.8) is 0 Å². The number of anilines is 1. The number of hydrogen-bond donors (Lipinski definition) is 1. The molecule has 1 atom stereocenters. The lowest BCUT2D eigenvalue weighted by molar-refractivity contribution is 0.453. The molecule has 134 valence electrons. The lowest BCUT2D eigenvalue weighted by Gasteiger charge is -2.22. The molecular weight excluding hydrogens is 320 g/mol. The highest BCUT2D eigenvalue weighted by Gasteiger charge is 2.17. The third kappa shape index (κ3) is 3.56. The maximum atomic E-state index is 4.77. The molecule has 26 heavy (non-hydrogen) atoms. The van der Waals surface area contributed by atoms with Gasteiger partial charge in [-0.2, -0.15) is 0 Å². The molecule has 1 saturated heterocycles. The minimum Gasteiger partial charge on any atom is -0.370 e. The molecule has 4 rings (SSSR count). The summed E-state index contributed by atoms with van der Waals surface area (Å²) in [4.78, 5) is 11.8. The molecule has 4 heteroatoms. The van der Waals surface area contributed by atoms with E-state index < -0.39 is 0 Å². The van der Waals surface area contributed by atoms with Crippen molar-refractivity contribution in [2.24, 2.45) is 5.92 Å². The molecule has 0 radical (unpaired) electrons. The van der Waals surface area contributed by atoms with Crippen LogP contribution < -0.4 is 10.2 Å². The lowest BCUT2D eigenvalue weighted by atomic mass is 10.0. The second-order valence-electron chi connectivity index (χ2n) is 7.12. The van der Waals surface area contributed by atoms with Gasteiger partial charge in [0.05, 0.1) is 23.1 Å². The van der Waals surface area contributed by atoms with Gasteiger partial charge >= 0.3 is 0 Å². The smallest absolute Gasteiger partial charge is 0.0795 e. The van der Waals surface area contributed by atoms with E-state index in [4.69, 9.17) is 4.98 Å². The summed E-state index contributed by atoms with van der Waals surface area (Å²) in [7, 11) is 2.05. The first kappa shape index (κ1) is 17.0. The molecule has 3 heterocycles. The molecule has 1 fully saturated rings. The highest BCUT2D eigenvalue weighted by atomic mass is 15.1. The first-order chi connectivity index (χ1) is 12.8. The van der Waals surface area contributed by atoms with Crippen LogP contribution in [0.3, 0.4) is 0 Å². The van der Waals surface area contributed by atoms with Gasteiger partial charge in [0.2, 0.25) is 0 Å². The summed E-state index contributed by atoms with van der Waals surface area (Å²) in [6.07, 6.45) is 7.68. The fraction of sp³-hybridized carbons (Fsp3) is 0.364. The van der Waals surface area contributed by atoms with E-state index in [1.54, 1.807) is 0 Å². The number of para-hydroxylation sites is 1. The summed E-state index contributed by atoms with van der Waals surface area (Å²) in [6.45, 7) is 3.36. The molecule has 0 spiro atoms. The predicted molar refractivity (Wildman–Crippen MR) is 108 cm³/mol. The summed E-state index contributed by atoms with van der Waals surface area (Å²) < 4.78 is 0. The van der Waals surface area contributed by atoms with Crippen molar-refractivity contribution in [2.75, 3.05) is 31.6 Å². The minimum absolute atomic E-state index is 0.791. The number of hydrogen-bond acceptors (Lipinski definition) is 4. The number of nitrogens with one attached hydrogen (secondary N) is 1. The van der Waals surface area contributed by atoms with Crippen molar-refractivity contribution in [3.8, 4) is 11.3 Å². The Hall–Kier alpha value is -2.46. The summed E-state index contributed by atoms with van der Waals surface area (Å²) >= 11 is 0.